The molecule has 0 aromatic heterocycles. The fourth-order valence-corrected chi connectivity index (χ4v) is 1.55. The number of amides is 1. The Morgan fingerprint density at radius 3 is 2.94 bits per heavy atom. The van der Waals surface area contributed by atoms with Crippen LogP contribution in [-0.2, 0) is 9.53 Å². The second kappa shape index (κ2) is 7.68. The summed E-state index contributed by atoms with van der Waals surface area (Å²) in [6.45, 7) is 2.95. The molecule has 5 nitrogen and oxygen atoms in total. The first-order valence-corrected chi connectivity index (χ1v) is 5.97. The molecule has 100 valence electrons. The zero-order valence-corrected chi connectivity index (χ0v) is 10.6. The predicted molar refractivity (Wildman–Crippen MR) is 70.2 cm³/mol. The number of hydrogen-bond donors (Lipinski definition) is 3. The molecule has 0 bridgehead atoms. The number of anilines is 1. The standard InChI is InChI=1S/C13H20N2O3/c1-10(11-3-2-4-12(14)9-11)13(17)15-5-7-18-8-6-16/h2-4,9-10,16H,5-8,14H2,1H3,(H,15,17). The molecule has 0 aliphatic carbocycles. The van der Waals surface area contributed by atoms with Crippen molar-refractivity contribution in [1.82, 2.24) is 5.32 Å². The van der Waals surface area contributed by atoms with E-state index in [9.17, 15) is 4.79 Å². The largest absolute Gasteiger partial charge is 0.399 e. The van der Waals surface area contributed by atoms with Crippen molar-refractivity contribution < 1.29 is 14.6 Å². The molecule has 4 N–H and O–H groups in total. The van der Waals surface area contributed by atoms with Gasteiger partial charge in [0.1, 0.15) is 0 Å². The molecule has 0 saturated carbocycles. The number of aliphatic hydroxyl groups excluding tert-OH is 1. The van der Waals surface area contributed by atoms with Crippen molar-refractivity contribution in [1.29, 1.82) is 0 Å². The maximum atomic E-state index is 11.8. The van der Waals surface area contributed by atoms with Crippen LogP contribution in [0.3, 0.4) is 0 Å². The molecule has 1 amide bonds. The lowest BCUT2D eigenvalue weighted by Gasteiger charge is -2.13. The number of nitrogen functional groups attached to an aromatic ring is 1. The van der Waals surface area contributed by atoms with Crippen molar-refractivity contribution in [2.45, 2.75) is 12.8 Å². The summed E-state index contributed by atoms with van der Waals surface area (Å²) in [6, 6.07) is 7.30. The van der Waals surface area contributed by atoms with Crippen molar-refractivity contribution in [3.8, 4) is 0 Å². The SMILES string of the molecule is CC(C(=O)NCCOCCO)c1cccc(N)c1. The fraction of sp³-hybridized carbons (Fsp3) is 0.462. The molecular formula is C13H20N2O3. The van der Waals surface area contributed by atoms with Gasteiger partial charge in [0.15, 0.2) is 0 Å². The third kappa shape index (κ3) is 4.73. The van der Waals surface area contributed by atoms with Gasteiger partial charge in [0, 0.05) is 12.2 Å². The van der Waals surface area contributed by atoms with E-state index in [1.54, 1.807) is 12.1 Å². The molecule has 0 aliphatic heterocycles. The number of carbonyl (C=O) groups excluding carboxylic acids is 1. The van der Waals surface area contributed by atoms with Gasteiger partial charge in [0.2, 0.25) is 5.91 Å². The van der Waals surface area contributed by atoms with Gasteiger partial charge in [-0.15, -0.1) is 0 Å². The summed E-state index contributed by atoms with van der Waals surface area (Å²) < 4.78 is 5.05. The number of nitrogens with one attached hydrogen (secondary N) is 1. The summed E-state index contributed by atoms with van der Waals surface area (Å²) in [5, 5.41) is 11.3. The van der Waals surface area contributed by atoms with Gasteiger partial charge in [-0.2, -0.15) is 0 Å². The van der Waals surface area contributed by atoms with E-state index in [1.807, 2.05) is 19.1 Å². The van der Waals surface area contributed by atoms with Gasteiger partial charge >= 0.3 is 0 Å². The first kappa shape index (κ1) is 14.5. The summed E-state index contributed by atoms with van der Waals surface area (Å²) in [6.07, 6.45) is 0. The Balaban J connectivity index is 2.37. The normalized spacial score (nSPS) is 12.1. The number of aliphatic hydroxyl groups is 1. The van der Waals surface area contributed by atoms with E-state index in [1.165, 1.54) is 0 Å². The van der Waals surface area contributed by atoms with E-state index in [2.05, 4.69) is 5.32 Å². The molecule has 0 heterocycles. The first-order chi connectivity index (χ1) is 8.65. The zero-order chi connectivity index (χ0) is 13.4. The molecule has 0 fully saturated rings. The van der Waals surface area contributed by atoms with Crippen LogP contribution >= 0.6 is 0 Å². The predicted octanol–water partition coefficient (Wildman–Crippen LogP) is 0.497. The Bertz CT molecular complexity index is 382. The summed E-state index contributed by atoms with van der Waals surface area (Å²) in [4.78, 5) is 11.8. The molecule has 0 spiro atoms. The van der Waals surface area contributed by atoms with Crippen LogP contribution in [-0.4, -0.2) is 37.4 Å². The topological polar surface area (TPSA) is 84.6 Å². The van der Waals surface area contributed by atoms with Gasteiger partial charge in [-0.25, -0.2) is 0 Å². The van der Waals surface area contributed by atoms with Crippen molar-refractivity contribution in [2.24, 2.45) is 0 Å². The first-order valence-electron chi connectivity index (χ1n) is 5.97. The highest BCUT2D eigenvalue weighted by Gasteiger charge is 2.14. The molecule has 0 radical (unpaired) electrons. The zero-order valence-electron chi connectivity index (χ0n) is 10.6. The minimum atomic E-state index is -0.244. The number of carbonyl (C=O) groups is 1. The van der Waals surface area contributed by atoms with Gasteiger partial charge in [-0.3, -0.25) is 4.79 Å². The lowest BCUT2D eigenvalue weighted by Crippen LogP contribution is -2.31. The van der Waals surface area contributed by atoms with Gasteiger partial charge in [0.25, 0.3) is 0 Å². The molecule has 18 heavy (non-hydrogen) atoms. The second-order valence-electron chi connectivity index (χ2n) is 4.02. The molecular weight excluding hydrogens is 232 g/mol. The Labute approximate surface area is 107 Å². The van der Waals surface area contributed by atoms with Crippen molar-refractivity contribution in [2.75, 3.05) is 32.1 Å². The van der Waals surface area contributed by atoms with Crippen molar-refractivity contribution in [3.05, 3.63) is 29.8 Å². The highest BCUT2D eigenvalue weighted by molar-refractivity contribution is 5.83. The van der Waals surface area contributed by atoms with Gasteiger partial charge < -0.3 is 20.9 Å². The summed E-state index contributed by atoms with van der Waals surface area (Å²) in [5.41, 5.74) is 7.22. The lowest BCUT2D eigenvalue weighted by atomic mass is 10.00. The summed E-state index contributed by atoms with van der Waals surface area (Å²) >= 11 is 0. The number of rotatable bonds is 7. The summed E-state index contributed by atoms with van der Waals surface area (Å²) in [5.74, 6) is -0.306. The van der Waals surface area contributed by atoms with E-state index in [0.29, 0.717) is 25.4 Å². The Morgan fingerprint density at radius 2 is 2.28 bits per heavy atom. The van der Waals surface area contributed by atoms with E-state index < -0.39 is 0 Å². The van der Waals surface area contributed by atoms with Gasteiger partial charge in [0.05, 0.1) is 25.7 Å². The maximum absolute atomic E-state index is 11.8. The van der Waals surface area contributed by atoms with Crippen LogP contribution in [0.4, 0.5) is 5.69 Å². The number of hydrogen-bond acceptors (Lipinski definition) is 4. The van der Waals surface area contributed by atoms with Crippen LogP contribution in [0.1, 0.15) is 18.4 Å². The Hall–Kier alpha value is -1.59. The molecule has 0 saturated heterocycles. The molecule has 1 aromatic rings. The van der Waals surface area contributed by atoms with Crippen LogP contribution < -0.4 is 11.1 Å². The monoisotopic (exact) mass is 252 g/mol. The molecule has 5 heteroatoms. The van der Waals surface area contributed by atoms with Crippen LogP contribution in [0.5, 0.6) is 0 Å². The van der Waals surface area contributed by atoms with Gasteiger partial charge in [-0.05, 0) is 24.6 Å². The quantitative estimate of drug-likeness (QED) is 0.487. The van der Waals surface area contributed by atoms with E-state index in [-0.39, 0.29) is 18.4 Å². The van der Waals surface area contributed by atoms with Crippen molar-refractivity contribution >= 4 is 11.6 Å². The van der Waals surface area contributed by atoms with Gasteiger partial charge in [-0.1, -0.05) is 12.1 Å². The van der Waals surface area contributed by atoms with Crippen molar-refractivity contribution in [3.63, 3.8) is 0 Å². The van der Waals surface area contributed by atoms with Crippen LogP contribution in [0.2, 0.25) is 0 Å². The Kier molecular flexibility index (Phi) is 6.18. The number of nitrogens with two attached hydrogens (primary N) is 1. The van der Waals surface area contributed by atoms with Crippen LogP contribution in [0, 0.1) is 0 Å². The third-order valence-corrected chi connectivity index (χ3v) is 2.59. The molecule has 1 unspecified atom stereocenters. The second-order valence-corrected chi connectivity index (χ2v) is 4.02. The maximum Gasteiger partial charge on any atom is 0.227 e. The minimum Gasteiger partial charge on any atom is -0.399 e. The lowest BCUT2D eigenvalue weighted by molar-refractivity contribution is -0.122. The Morgan fingerprint density at radius 1 is 1.50 bits per heavy atom. The average molecular weight is 252 g/mol. The van der Waals surface area contributed by atoms with E-state index >= 15 is 0 Å². The van der Waals surface area contributed by atoms with Crippen LogP contribution in [0.15, 0.2) is 24.3 Å². The smallest absolute Gasteiger partial charge is 0.227 e. The molecule has 1 rings (SSSR count). The fourth-order valence-electron chi connectivity index (χ4n) is 1.55. The van der Waals surface area contributed by atoms with E-state index in [0.717, 1.165) is 5.56 Å². The highest BCUT2D eigenvalue weighted by atomic mass is 16.5. The minimum absolute atomic E-state index is 0.00631. The molecule has 1 atom stereocenters. The average Bonchev–Trinajstić information content (AvgIpc) is 2.37. The molecule has 0 aliphatic rings. The number of benzene rings is 1. The van der Waals surface area contributed by atoms with E-state index in [4.69, 9.17) is 15.6 Å². The summed E-state index contributed by atoms with van der Waals surface area (Å²) in [7, 11) is 0. The third-order valence-electron chi connectivity index (χ3n) is 2.59. The molecule has 1 aromatic carbocycles. The number of ether oxygens (including phenoxy) is 1. The highest BCUT2D eigenvalue weighted by Crippen LogP contribution is 2.17. The van der Waals surface area contributed by atoms with Crippen LogP contribution in [0.25, 0.3) is 0 Å².